The average molecular weight is 373 g/mol. The van der Waals surface area contributed by atoms with Gasteiger partial charge in [-0.25, -0.2) is 4.98 Å². The first-order valence-electron chi connectivity index (χ1n) is 6.77. The second-order valence-corrected chi connectivity index (χ2v) is 6.27. The Hall–Kier alpha value is -0.900. The van der Waals surface area contributed by atoms with Gasteiger partial charge in [0.25, 0.3) is 0 Å². The molecule has 9 heteroatoms. The molecule has 114 valence electrons. The van der Waals surface area contributed by atoms with Crippen molar-refractivity contribution >= 4 is 39.3 Å². The number of anilines is 1. The van der Waals surface area contributed by atoms with E-state index in [1.807, 2.05) is 6.26 Å². The molecule has 3 rings (SSSR count). The van der Waals surface area contributed by atoms with Crippen LogP contribution < -0.4 is 5.32 Å². The Morgan fingerprint density at radius 1 is 1.38 bits per heavy atom. The van der Waals surface area contributed by atoms with E-state index < -0.39 is 0 Å². The van der Waals surface area contributed by atoms with Gasteiger partial charge in [-0.05, 0) is 22.2 Å². The van der Waals surface area contributed by atoms with E-state index in [4.69, 9.17) is 4.74 Å². The zero-order valence-corrected chi connectivity index (χ0v) is 14.2. The van der Waals surface area contributed by atoms with Crippen molar-refractivity contribution in [2.24, 2.45) is 0 Å². The quantitative estimate of drug-likeness (QED) is 0.794. The van der Waals surface area contributed by atoms with Crippen LogP contribution in [0.1, 0.15) is 0 Å². The van der Waals surface area contributed by atoms with E-state index in [0.717, 1.165) is 60.6 Å². The second kappa shape index (κ2) is 6.91. The number of morpholine rings is 1. The molecule has 1 fully saturated rings. The van der Waals surface area contributed by atoms with Crippen LogP contribution in [-0.4, -0.2) is 70.1 Å². The standard InChI is InChI=1S/C12H17BrN6OS/c1-21-12-16-10-9(13)8-15-19(10)11(17-12)14-2-3-18-4-6-20-7-5-18/h8H,2-7H2,1H3,(H,14,16,17). The minimum absolute atomic E-state index is 0.725. The highest BCUT2D eigenvalue weighted by Crippen LogP contribution is 2.21. The highest BCUT2D eigenvalue weighted by molar-refractivity contribution is 9.10. The number of fused-ring (bicyclic) bond motifs is 1. The molecule has 7 nitrogen and oxygen atoms in total. The monoisotopic (exact) mass is 372 g/mol. The third kappa shape index (κ3) is 3.47. The first-order valence-corrected chi connectivity index (χ1v) is 8.79. The van der Waals surface area contributed by atoms with E-state index in [2.05, 4.69) is 41.2 Å². The third-order valence-corrected chi connectivity index (χ3v) is 4.41. The predicted molar refractivity (Wildman–Crippen MR) is 86.0 cm³/mol. The summed E-state index contributed by atoms with van der Waals surface area (Å²) in [5.41, 5.74) is 0.781. The number of thioether (sulfide) groups is 1. The molecule has 1 N–H and O–H groups in total. The fourth-order valence-corrected chi connectivity index (χ4v) is 2.89. The van der Waals surface area contributed by atoms with E-state index in [0.29, 0.717) is 0 Å². The smallest absolute Gasteiger partial charge is 0.228 e. The normalized spacial score (nSPS) is 16.5. The Kier molecular flexibility index (Phi) is 4.94. The maximum Gasteiger partial charge on any atom is 0.228 e. The summed E-state index contributed by atoms with van der Waals surface area (Å²) < 4.78 is 7.95. The van der Waals surface area contributed by atoms with Crippen LogP contribution >= 0.6 is 27.7 Å². The van der Waals surface area contributed by atoms with Crippen molar-refractivity contribution in [3.8, 4) is 0 Å². The van der Waals surface area contributed by atoms with Gasteiger partial charge < -0.3 is 10.1 Å². The van der Waals surface area contributed by atoms with Gasteiger partial charge in [0, 0.05) is 26.2 Å². The molecule has 0 radical (unpaired) electrons. The number of nitrogens with one attached hydrogen (secondary N) is 1. The number of ether oxygens (including phenoxy) is 1. The third-order valence-electron chi connectivity index (χ3n) is 3.30. The lowest BCUT2D eigenvalue weighted by Crippen LogP contribution is -2.39. The number of hydrogen-bond acceptors (Lipinski definition) is 7. The van der Waals surface area contributed by atoms with Gasteiger partial charge in [-0.15, -0.1) is 0 Å². The molecular formula is C12H17BrN6OS. The van der Waals surface area contributed by atoms with Crippen molar-refractivity contribution in [1.29, 1.82) is 0 Å². The first kappa shape index (κ1) is 15.0. The highest BCUT2D eigenvalue weighted by atomic mass is 79.9. The number of halogens is 1. The van der Waals surface area contributed by atoms with E-state index in [-0.39, 0.29) is 0 Å². The van der Waals surface area contributed by atoms with E-state index in [1.54, 1.807) is 10.7 Å². The van der Waals surface area contributed by atoms with Gasteiger partial charge in [0.1, 0.15) is 0 Å². The Labute approximate surface area is 135 Å². The molecule has 0 bridgehead atoms. The van der Waals surface area contributed by atoms with Crippen LogP contribution in [0, 0.1) is 0 Å². The van der Waals surface area contributed by atoms with Crippen molar-refractivity contribution in [2.45, 2.75) is 5.16 Å². The van der Waals surface area contributed by atoms with Crippen molar-refractivity contribution in [1.82, 2.24) is 24.5 Å². The lowest BCUT2D eigenvalue weighted by atomic mass is 10.4. The summed E-state index contributed by atoms with van der Waals surface area (Å²) >= 11 is 4.98. The summed E-state index contributed by atoms with van der Waals surface area (Å²) in [5, 5.41) is 8.39. The van der Waals surface area contributed by atoms with Gasteiger partial charge in [-0.3, -0.25) is 4.90 Å². The maximum atomic E-state index is 5.35. The molecule has 0 unspecified atom stereocenters. The number of aromatic nitrogens is 4. The van der Waals surface area contributed by atoms with Gasteiger partial charge in [0.2, 0.25) is 5.95 Å². The predicted octanol–water partition coefficient (Wildman–Crippen LogP) is 1.35. The van der Waals surface area contributed by atoms with Crippen LogP contribution in [-0.2, 0) is 4.74 Å². The van der Waals surface area contributed by atoms with Gasteiger partial charge in [-0.1, -0.05) is 11.8 Å². The Bertz CT molecular complexity index is 615. The summed E-state index contributed by atoms with van der Waals surface area (Å²) in [7, 11) is 0. The highest BCUT2D eigenvalue weighted by Gasteiger charge is 2.13. The van der Waals surface area contributed by atoms with Gasteiger partial charge in [0.05, 0.1) is 23.9 Å². The summed E-state index contributed by atoms with van der Waals surface area (Å²) in [6.45, 7) is 5.40. The summed E-state index contributed by atoms with van der Waals surface area (Å²) in [5.74, 6) is 0.725. The second-order valence-electron chi connectivity index (χ2n) is 4.64. The lowest BCUT2D eigenvalue weighted by Gasteiger charge is -2.26. The molecule has 1 aliphatic heterocycles. The van der Waals surface area contributed by atoms with Crippen LogP contribution in [0.5, 0.6) is 0 Å². The SMILES string of the molecule is CSc1nc(NCCN2CCOCC2)n2ncc(Br)c2n1. The lowest BCUT2D eigenvalue weighted by molar-refractivity contribution is 0.0398. The van der Waals surface area contributed by atoms with Crippen molar-refractivity contribution in [2.75, 3.05) is 51.0 Å². The molecule has 3 heterocycles. The van der Waals surface area contributed by atoms with Crippen LogP contribution in [0.25, 0.3) is 5.65 Å². The Morgan fingerprint density at radius 2 is 2.19 bits per heavy atom. The average Bonchev–Trinajstić information content (AvgIpc) is 2.90. The minimum Gasteiger partial charge on any atom is -0.379 e. The molecule has 0 aromatic carbocycles. The van der Waals surface area contributed by atoms with Crippen LogP contribution in [0.3, 0.4) is 0 Å². The summed E-state index contributed by atoms with van der Waals surface area (Å²) in [4.78, 5) is 11.3. The molecule has 2 aromatic rings. The Balaban J connectivity index is 1.70. The molecule has 1 saturated heterocycles. The van der Waals surface area contributed by atoms with E-state index in [1.165, 1.54) is 11.8 Å². The first-order chi connectivity index (χ1) is 10.3. The largest absolute Gasteiger partial charge is 0.379 e. The number of hydrogen-bond donors (Lipinski definition) is 1. The van der Waals surface area contributed by atoms with Crippen molar-refractivity contribution < 1.29 is 4.74 Å². The van der Waals surface area contributed by atoms with Gasteiger partial charge in [-0.2, -0.15) is 14.6 Å². The number of rotatable bonds is 5. The van der Waals surface area contributed by atoms with E-state index in [9.17, 15) is 0 Å². The molecule has 0 aliphatic carbocycles. The van der Waals surface area contributed by atoms with Crippen molar-refractivity contribution in [3.63, 3.8) is 0 Å². The topological polar surface area (TPSA) is 67.6 Å². The molecule has 1 aliphatic rings. The molecule has 21 heavy (non-hydrogen) atoms. The summed E-state index contributed by atoms with van der Waals surface area (Å²) in [6, 6.07) is 0. The fourth-order valence-electron chi connectivity index (χ4n) is 2.19. The van der Waals surface area contributed by atoms with Crippen LogP contribution in [0.2, 0.25) is 0 Å². The minimum atomic E-state index is 0.725. The summed E-state index contributed by atoms with van der Waals surface area (Å²) in [6.07, 6.45) is 3.70. The van der Waals surface area contributed by atoms with Gasteiger partial charge in [0.15, 0.2) is 10.8 Å². The molecular weight excluding hydrogens is 356 g/mol. The fraction of sp³-hybridized carbons (Fsp3) is 0.583. The molecule has 0 spiro atoms. The van der Waals surface area contributed by atoms with Gasteiger partial charge >= 0.3 is 0 Å². The molecule has 0 saturated carbocycles. The zero-order chi connectivity index (χ0) is 14.7. The molecule has 0 atom stereocenters. The van der Waals surface area contributed by atoms with E-state index >= 15 is 0 Å². The van der Waals surface area contributed by atoms with Crippen LogP contribution in [0.4, 0.5) is 5.95 Å². The Morgan fingerprint density at radius 3 is 2.95 bits per heavy atom. The zero-order valence-electron chi connectivity index (χ0n) is 11.8. The molecule has 0 amide bonds. The maximum absolute atomic E-state index is 5.35. The molecule has 2 aromatic heterocycles. The van der Waals surface area contributed by atoms with Crippen LogP contribution in [0.15, 0.2) is 15.8 Å². The number of nitrogens with zero attached hydrogens (tertiary/aromatic N) is 5. The van der Waals surface area contributed by atoms with Crippen molar-refractivity contribution in [3.05, 3.63) is 10.7 Å².